The Hall–Kier alpha value is -2.94. The van der Waals surface area contributed by atoms with Gasteiger partial charge in [0.1, 0.15) is 17.2 Å². The second-order valence-corrected chi connectivity index (χ2v) is 6.04. The topological polar surface area (TPSA) is 60.7 Å². The maximum atomic E-state index is 10.7. The van der Waals surface area contributed by atoms with Gasteiger partial charge in [0, 0.05) is 12.8 Å². The van der Waals surface area contributed by atoms with Crippen LogP contribution in [0.3, 0.4) is 0 Å². The predicted octanol–water partition coefficient (Wildman–Crippen LogP) is 4.29. The van der Waals surface area contributed by atoms with Crippen LogP contribution in [0.1, 0.15) is 27.8 Å². The lowest BCUT2D eigenvalue weighted by molar-refractivity contribution is 0.457. The van der Waals surface area contributed by atoms with Crippen molar-refractivity contribution in [3.05, 3.63) is 88.5 Å². The van der Waals surface area contributed by atoms with Gasteiger partial charge in [-0.05, 0) is 41.3 Å². The van der Waals surface area contributed by atoms with Gasteiger partial charge >= 0.3 is 0 Å². The summed E-state index contributed by atoms with van der Waals surface area (Å²) in [7, 11) is 0. The standard InChI is InChI=1S/C21H20O3/c1-14-10-17(12-15-6-2-4-8-19(15)22)21(24)18(11-14)13-16-7-3-5-9-20(16)23/h2-11,22-24H,12-13H2,1H3. The molecule has 3 aromatic rings. The van der Waals surface area contributed by atoms with Crippen LogP contribution >= 0.6 is 0 Å². The van der Waals surface area contributed by atoms with Crippen LogP contribution in [0, 0.1) is 6.92 Å². The van der Waals surface area contributed by atoms with Crippen molar-refractivity contribution < 1.29 is 15.3 Å². The molecule has 3 nitrogen and oxygen atoms in total. The van der Waals surface area contributed by atoms with E-state index in [-0.39, 0.29) is 17.2 Å². The van der Waals surface area contributed by atoms with Gasteiger partial charge in [-0.15, -0.1) is 0 Å². The third-order valence-electron chi connectivity index (χ3n) is 4.16. The third-order valence-corrected chi connectivity index (χ3v) is 4.16. The summed E-state index contributed by atoms with van der Waals surface area (Å²) in [4.78, 5) is 0. The molecule has 0 radical (unpaired) electrons. The first kappa shape index (κ1) is 15.9. The van der Waals surface area contributed by atoms with Crippen LogP contribution in [0.15, 0.2) is 60.7 Å². The largest absolute Gasteiger partial charge is 0.508 e. The molecule has 0 amide bonds. The molecule has 3 rings (SSSR count). The Balaban J connectivity index is 1.96. The van der Waals surface area contributed by atoms with E-state index in [0.29, 0.717) is 12.8 Å². The SMILES string of the molecule is Cc1cc(Cc2ccccc2O)c(O)c(Cc2ccccc2O)c1. The van der Waals surface area contributed by atoms with E-state index < -0.39 is 0 Å². The molecule has 0 aromatic heterocycles. The summed E-state index contributed by atoms with van der Waals surface area (Å²) >= 11 is 0. The van der Waals surface area contributed by atoms with Gasteiger partial charge in [0.15, 0.2) is 0 Å². The molecule has 0 saturated heterocycles. The first-order valence-corrected chi connectivity index (χ1v) is 7.89. The van der Waals surface area contributed by atoms with Crippen molar-refractivity contribution in [1.29, 1.82) is 0 Å². The van der Waals surface area contributed by atoms with Crippen LogP contribution in [0.25, 0.3) is 0 Å². The normalized spacial score (nSPS) is 10.7. The van der Waals surface area contributed by atoms with Gasteiger partial charge in [0.25, 0.3) is 0 Å². The molecule has 0 fully saturated rings. The number of rotatable bonds is 4. The number of aromatic hydroxyl groups is 3. The zero-order valence-corrected chi connectivity index (χ0v) is 13.5. The Morgan fingerprint density at radius 1 is 0.625 bits per heavy atom. The lowest BCUT2D eigenvalue weighted by Gasteiger charge is -2.13. The monoisotopic (exact) mass is 320 g/mol. The summed E-state index contributed by atoms with van der Waals surface area (Å²) in [5.41, 5.74) is 4.10. The van der Waals surface area contributed by atoms with Crippen LogP contribution in [-0.2, 0) is 12.8 Å². The molecule has 0 atom stereocenters. The van der Waals surface area contributed by atoms with Gasteiger partial charge in [0.05, 0.1) is 0 Å². The molecule has 0 aliphatic heterocycles. The highest BCUT2D eigenvalue weighted by Crippen LogP contribution is 2.32. The van der Waals surface area contributed by atoms with Gasteiger partial charge in [-0.1, -0.05) is 54.1 Å². The highest BCUT2D eigenvalue weighted by molar-refractivity contribution is 5.50. The molecule has 0 bridgehead atoms. The molecule has 122 valence electrons. The average molecular weight is 320 g/mol. The molecule has 3 aromatic carbocycles. The van der Waals surface area contributed by atoms with E-state index in [9.17, 15) is 15.3 Å². The first-order chi connectivity index (χ1) is 11.5. The Morgan fingerprint density at radius 2 is 1.04 bits per heavy atom. The number of hydrogen-bond acceptors (Lipinski definition) is 3. The lowest BCUT2D eigenvalue weighted by atomic mass is 9.95. The van der Waals surface area contributed by atoms with Gasteiger partial charge in [-0.25, -0.2) is 0 Å². The van der Waals surface area contributed by atoms with Crippen molar-refractivity contribution in [2.45, 2.75) is 19.8 Å². The van der Waals surface area contributed by atoms with E-state index in [4.69, 9.17) is 0 Å². The number of para-hydroxylation sites is 2. The van der Waals surface area contributed by atoms with Gasteiger partial charge < -0.3 is 15.3 Å². The maximum absolute atomic E-state index is 10.7. The molecule has 3 heteroatoms. The van der Waals surface area contributed by atoms with Crippen molar-refractivity contribution >= 4 is 0 Å². The Morgan fingerprint density at radius 3 is 1.46 bits per heavy atom. The van der Waals surface area contributed by atoms with Crippen LogP contribution < -0.4 is 0 Å². The second-order valence-electron chi connectivity index (χ2n) is 6.04. The van der Waals surface area contributed by atoms with E-state index in [1.54, 1.807) is 24.3 Å². The van der Waals surface area contributed by atoms with Crippen molar-refractivity contribution in [3.8, 4) is 17.2 Å². The molecule has 0 aliphatic carbocycles. The van der Waals surface area contributed by atoms with E-state index >= 15 is 0 Å². The smallest absolute Gasteiger partial charge is 0.122 e. The van der Waals surface area contributed by atoms with E-state index in [1.807, 2.05) is 43.3 Å². The van der Waals surface area contributed by atoms with Gasteiger partial charge in [0.2, 0.25) is 0 Å². The molecule has 0 saturated carbocycles. The maximum Gasteiger partial charge on any atom is 0.122 e. The molecule has 3 N–H and O–H groups in total. The minimum atomic E-state index is 0.215. The second kappa shape index (κ2) is 6.67. The quantitative estimate of drug-likeness (QED) is 0.672. The zero-order valence-electron chi connectivity index (χ0n) is 13.5. The fourth-order valence-electron chi connectivity index (χ4n) is 2.93. The average Bonchev–Trinajstić information content (AvgIpc) is 2.56. The van der Waals surface area contributed by atoms with E-state index in [0.717, 1.165) is 27.8 Å². The summed E-state index contributed by atoms with van der Waals surface area (Å²) < 4.78 is 0. The van der Waals surface area contributed by atoms with Crippen LogP contribution in [0.5, 0.6) is 17.2 Å². The summed E-state index contributed by atoms with van der Waals surface area (Å²) in [6.45, 7) is 1.97. The Kier molecular flexibility index (Phi) is 4.43. The summed E-state index contributed by atoms with van der Waals surface area (Å²) in [6.07, 6.45) is 0.905. The Bertz CT molecular complexity index is 800. The fraction of sp³-hybridized carbons (Fsp3) is 0.143. The van der Waals surface area contributed by atoms with Crippen LogP contribution in [0.4, 0.5) is 0 Å². The highest BCUT2D eigenvalue weighted by Gasteiger charge is 2.13. The number of phenolic OH excluding ortho intramolecular Hbond substituents is 3. The lowest BCUT2D eigenvalue weighted by Crippen LogP contribution is -1.97. The minimum Gasteiger partial charge on any atom is -0.508 e. The number of phenols is 3. The minimum absolute atomic E-state index is 0.215. The summed E-state index contributed by atoms with van der Waals surface area (Å²) in [5, 5.41) is 30.6. The molecule has 24 heavy (non-hydrogen) atoms. The number of hydrogen-bond donors (Lipinski definition) is 3. The van der Waals surface area contributed by atoms with E-state index in [1.165, 1.54) is 0 Å². The van der Waals surface area contributed by atoms with Gasteiger partial charge in [-0.3, -0.25) is 0 Å². The van der Waals surface area contributed by atoms with E-state index in [2.05, 4.69) is 0 Å². The van der Waals surface area contributed by atoms with Gasteiger partial charge in [-0.2, -0.15) is 0 Å². The summed E-state index contributed by atoms with van der Waals surface area (Å²) in [5.74, 6) is 0.661. The zero-order chi connectivity index (χ0) is 17.1. The highest BCUT2D eigenvalue weighted by atomic mass is 16.3. The molecular formula is C21H20O3. The Labute approximate surface area is 141 Å². The summed E-state index contributed by atoms with van der Waals surface area (Å²) in [6, 6.07) is 18.1. The van der Waals surface area contributed by atoms with Crippen LogP contribution in [-0.4, -0.2) is 15.3 Å². The van der Waals surface area contributed by atoms with Crippen LogP contribution in [0.2, 0.25) is 0 Å². The van der Waals surface area contributed by atoms with Crippen molar-refractivity contribution in [1.82, 2.24) is 0 Å². The first-order valence-electron chi connectivity index (χ1n) is 7.89. The molecule has 0 spiro atoms. The van der Waals surface area contributed by atoms with Crippen molar-refractivity contribution in [3.63, 3.8) is 0 Å². The molecule has 0 unspecified atom stereocenters. The molecule has 0 aliphatic rings. The third kappa shape index (κ3) is 3.35. The molecule has 0 heterocycles. The fourth-order valence-corrected chi connectivity index (χ4v) is 2.93. The number of benzene rings is 3. The van der Waals surface area contributed by atoms with Crippen molar-refractivity contribution in [2.75, 3.05) is 0 Å². The number of aryl methyl sites for hydroxylation is 1. The predicted molar refractivity (Wildman–Crippen MR) is 94.7 cm³/mol. The van der Waals surface area contributed by atoms with Crippen molar-refractivity contribution in [2.24, 2.45) is 0 Å². The molecular weight excluding hydrogens is 300 g/mol.